The molecule has 2 rings (SSSR count). The molecule has 2 aromatic carbocycles. The van der Waals surface area contributed by atoms with Crippen molar-refractivity contribution in [3.8, 4) is 0 Å². The zero-order chi connectivity index (χ0) is 18.2. The molecule has 2 atom stereocenters. The third-order valence-corrected chi connectivity index (χ3v) is 6.12. The number of benzene rings is 2. The van der Waals surface area contributed by atoms with E-state index in [0.29, 0.717) is 0 Å². The van der Waals surface area contributed by atoms with Crippen LogP contribution in [0.15, 0.2) is 60.7 Å². The number of rotatable bonds is 10. The predicted molar refractivity (Wildman–Crippen MR) is 94.5 cm³/mol. The summed E-state index contributed by atoms with van der Waals surface area (Å²) in [5, 5.41) is 0.421. The predicted octanol–water partition coefficient (Wildman–Crippen LogP) is 2.06. The summed E-state index contributed by atoms with van der Waals surface area (Å²) >= 11 is 0. The summed E-state index contributed by atoms with van der Waals surface area (Å²) < 4.78 is 39.1. The summed E-state index contributed by atoms with van der Waals surface area (Å²) in [4.78, 5) is 19.6. The van der Waals surface area contributed by atoms with E-state index < -0.39 is 15.2 Å². The van der Waals surface area contributed by atoms with Gasteiger partial charge in [-0.2, -0.15) is 0 Å². The SMILES string of the molecule is O=P(O)(OCCOCCOP(=O)(O)c1ccccc1)c1ccccc1. The molecule has 0 fully saturated rings. The highest BCUT2D eigenvalue weighted by Gasteiger charge is 2.23. The monoisotopic (exact) mass is 386 g/mol. The van der Waals surface area contributed by atoms with E-state index in [4.69, 9.17) is 13.8 Å². The van der Waals surface area contributed by atoms with Crippen molar-refractivity contribution in [1.82, 2.24) is 0 Å². The van der Waals surface area contributed by atoms with Gasteiger partial charge < -0.3 is 23.6 Å². The number of hydrogen-bond acceptors (Lipinski definition) is 5. The smallest absolute Gasteiger partial charge is 0.358 e. The Labute approximate surface area is 146 Å². The highest BCUT2D eigenvalue weighted by molar-refractivity contribution is 7.61. The van der Waals surface area contributed by atoms with Crippen LogP contribution in [0.4, 0.5) is 0 Å². The molecule has 0 amide bonds. The first-order chi connectivity index (χ1) is 11.9. The van der Waals surface area contributed by atoms with E-state index >= 15 is 0 Å². The van der Waals surface area contributed by atoms with Gasteiger partial charge >= 0.3 is 15.2 Å². The van der Waals surface area contributed by atoms with Gasteiger partial charge in [-0.3, -0.25) is 9.13 Å². The van der Waals surface area contributed by atoms with Crippen LogP contribution >= 0.6 is 15.2 Å². The second-order valence-corrected chi connectivity index (χ2v) is 8.62. The Balaban J connectivity index is 1.64. The van der Waals surface area contributed by atoms with Crippen LogP contribution in [-0.4, -0.2) is 36.2 Å². The fourth-order valence-corrected chi connectivity index (χ4v) is 3.96. The Kier molecular flexibility index (Phi) is 7.54. The molecule has 0 saturated heterocycles. The lowest BCUT2D eigenvalue weighted by Crippen LogP contribution is -2.13. The van der Waals surface area contributed by atoms with Crippen LogP contribution in [0.2, 0.25) is 0 Å². The quantitative estimate of drug-likeness (QED) is 0.476. The molecule has 2 N–H and O–H groups in total. The number of ether oxygens (including phenoxy) is 1. The molecule has 0 spiro atoms. The van der Waals surface area contributed by atoms with Crippen molar-refractivity contribution in [1.29, 1.82) is 0 Å². The van der Waals surface area contributed by atoms with Crippen LogP contribution in [0, 0.1) is 0 Å². The third kappa shape index (κ3) is 6.49. The van der Waals surface area contributed by atoms with Gasteiger partial charge in [0.15, 0.2) is 0 Å². The summed E-state index contributed by atoms with van der Waals surface area (Å²) in [5.74, 6) is 0. The first-order valence-electron chi connectivity index (χ1n) is 7.55. The zero-order valence-corrected chi connectivity index (χ0v) is 15.2. The summed E-state index contributed by atoms with van der Waals surface area (Å²) in [6.45, 7) is -0.0556. The van der Waals surface area contributed by atoms with Gasteiger partial charge in [0, 0.05) is 0 Å². The van der Waals surface area contributed by atoms with Gasteiger partial charge in [-0.25, -0.2) is 0 Å². The van der Waals surface area contributed by atoms with Crippen molar-refractivity contribution >= 4 is 25.8 Å². The van der Waals surface area contributed by atoms with Crippen LogP contribution in [0.25, 0.3) is 0 Å². The van der Waals surface area contributed by atoms with Gasteiger partial charge in [-0.1, -0.05) is 36.4 Å². The number of hydrogen-bond donors (Lipinski definition) is 2. The molecule has 0 radical (unpaired) electrons. The minimum Gasteiger partial charge on any atom is -0.377 e. The molecule has 25 heavy (non-hydrogen) atoms. The van der Waals surface area contributed by atoms with Gasteiger partial charge in [-0.15, -0.1) is 0 Å². The summed E-state index contributed by atoms with van der Waals surface area (Å²) in [5.41, 5.74) is 0. The van der Waals surface area contributed by atoms with Crippen molar-refractivity contribution in [2.24, 2.45) is 0 Å². The lowest BCUT2D eigenvalue weighted by molar-refractivity contribution is 0.0722. The van der Waals surface area contributed by atoms with Gasteiger partial charge in [0.25, 0.3) is 0 Å². The van der Waals surface area contributed by atoms with E-state index in [0.717, 1.165) is 0 Å². The maximum absolute atomic E-state index is 12.0. The molecule has 0 aliphatic heterocycles. The molecule has 0 heterocycles. The molecule has 0 aromatic heterocycles. The van der Waals surface area contributed by atoms with Crippen LogP contribution in [0.5, 0.6) is 0 Å². The highest BCUT2D eigenvalue weighted by Crippen LogP contribution is 2.41. The maximum atomic E-state index is 12.0. The van der Waals surface area contributed by atoms with Gasteiger partial charge in [0.2, 0.25) is 0 Å². The average molecular weight is 386 g/mol. The van der Waals surface area contributed by atoms with Crippen molar-refractivity contribution in [3.63, 3.8) is 0 Å². The van der Waals surface area contributed by atoms with E-state index in [-0.39, 0.29) is 37.0 Å². The molecule has 0 aliphatic rings. The van der Waals surface area contributed by atoms with E-state index in [9.17, 15) is 18.9 Å². The summed E-state index contributed by atoms with van der Waals surface area (Å²) in [6.07, 6.45) is 0. The molecule has 136 valence electrons. The Hall–Kier alpha value is -1.30. The van der Waals surface area contributed by atoms with Crippen molar-refractivity contribution in [3.05, 3.63) is 60.7 Å². The molecule has 7 nitrogen and oxygen atoms in total. The summed E-state index contributed by atoms with van der Waals surface area (Å²) in [7, 11) is -7.73. The van der Waals surface area contributed by atoms with Crippen LogP contribution in [-0.2, 0) is 22.9 Å². The maximum Gasteiger partial charge on any atom is 0.358 e. The molecule has 2 aromatic rings. The van der Waals surface area contributed by atoms with E-state index in [1.54, 1.807) is 36.4 Å². The van der Waals surface area contributed by atoms with Crippen LogP contribution in [0.1, 0.15) is 0 Å². The standard InChI is InChI=1S/C16H20O7P2/c17-24(18,15-7-3-1-4-8-15)22-13-11-21-12-14-23-25(19,20)16-9-5-2-6-10-16/h1-10H,11-14H2,(H,17,18)(H,19,20). The summed E-state index contributed by atoms with van der Waals surface area (Å²) in [6, 6.07) is 16.1. The largest absolute Gasteiger partial charge is 0.377 e. The van der Waals surface area contributed by atoms with E-state index in [1.165, 1.54) is 24.3 Å². The Morgan fingerprint density at radius 2 is 1.00 bits per heavy atom. The van der Waals surface area contributed by atoms with Gasteiger partial charge in [0.05, 0.1) is 37.0 Å². The van der Waals surface area contributed by atoms with Crippen molar-refractivity contribution < 1.29 is 32.7 Å². The minimum absolute atomic E-state index is 0.0574. The second-order valence-electron chi connectivity index (χ2n) is 4.99. The van der Waals surface area contributed by atoms with Crippen LogP contribution in [0.3, 0.4) is 0 Å². The van der Waals surface area contributed by atoms with Gasteiger partial charge in [0.1, 0.15) is 0 Å². The fraction of sp³-hybridized carbons (Fsp3) is 0.250. The fourth-order valence-electron chi connectivity index (χ4n) is 1.92. The lowest BCUT2D eigenvalue weighted by Gasteiger charge is -2.13. The van der Waals surface area contributed by atoms with E-state index in [1.807, 2.05) is 0 Å². The molecular formula is C16H20O7P2. The Morgan fingerprint density at radius 3 is 1.36 bits per heavy atom. The Morgan fingerprint density at radius 1 is 0.640 bits per heavy atom. The van der Waals surface area contributed by atoms with Crippen LogP contribution < -0.4 is 10.6 Å². The second kappa shape index (κ2) is 9.41. The lowest BCUT2D eigenvalue weighted by atomic mass is 10.4. The van der Waals surface area contributed by atoms with Crippen molar-refractivity contribution in [2.75, 3.05) is 26.4 Å². The third-order valence-electron chi connectivity index (χ3n) is 3.15. The van der Waals surface area contributed by atoms with Crippen molar-refractivity contribution in [2.45, 2.75) is 0 Å². The topological polar surface area (TPSA) is 102 Å². The molecule has 9 heteroatoms. The first kappa shape index (κ1) is 20.0. The van der Waals surface area contributed by atoms with E-state index in [2.05, 4.69) is 0 Å². The average Bonchev–Trinajstić information content (AvgIpc) is 2.62. The van der Waals surface area contributed by atoms with Gasteiger partial charge in [-0.05, 0) is 24.3 Å². The highest BCUT2D eigenvalue weighted by atomic mass is 31.2. The molecule has 2 unspecified atom stereocenters. The minimum atomic E-state index is -3.86. The molecule has 0 bridgehead atoms. The Bertz CT molecular complexity index is 673. The zero-order valence-electron chi connectivity index (χ0n) is 13.4. The molecule has 0 aliphatic carbocycles. The molecular weight excluding hydrogens is 366 g/mol. The normalized spacial score (nSPS) is 16.1. The molecule has 0 saturated carbocycles. The first-order valence-corrected chi connectivity index (χ1v) is 10.7.